The van der Waals surface area contributed by atoms with E-state index in [-0.39, 0.29) is 12.1 Å². The molecule has 3 nitrogen and oxygen atoms in total. The Morgan fingerprint density at radius 3 is 2.67 bits per heavy atom. The molecule has 2 unspecified atom stereocenters. The second-order valence-electron chi connectivity index (χ2n) is 3.72. The van der Waals surface area contributed by atoms with Gasteiger partial charge in [-0.05, 0) is 31.4 Å². The minimum absolute atomic E-state index is 0.0812. The largest absolute Gasteiger partial charge is 0.377 e. The lowest BCUT2D eigenvalue weighted by Crippen LogP contribution is -2.28. The number of pyridine rings is 1. The van der Waals surface area contributed by atoms with E-state index >= 15 is 0 Å². The van der Waals surface area contributed by atoms with Gasteiger partial charge in [0.2, 0.25) is 0 Å². The minimum Gasteiger partial charge on any atom is -0.377 e. The average Bonchev–Trinajstić information content (AvgIpc) is 2.25. The number of aryl methyl sites for hydroxylation is 1. The number of nitrogens with two attached hydrogens (primary N) is 1. The SMILES string of the molecule is CCOC(CC)C(N)c1cncc(C)c1. The zero-order chi connectivity index (χ0) is 11.3. The van der Waals surface area contributed by atoms with Crippen molar-refractivity contribution in [2.75, 3.05) is 6.61 Å². The van der Waals surface area contributed by atoms with Gasteiger partial charge < -0.3 is 10.5 Å². The van der Waals surface area contributed by atoms with Crippen LogP contribution in [0.3, 0.4) is 0 Å². The van der Waals surface area contributed by atoms with Crippen LogP contribution in [0.5, 0.6) is 0 Å². The molecule has 0 aliphatic carbocycles. The molecule has 0 aliphatic heterocycles. The van der Waals surface area contributed by atoms with E-state index in [0.29, 0.717) is 6.61 Å². The first-order chi connectivity index (χ1) is 7.19. The van der Waals surface area contributed by atoms with Crippen molar-refractivity contribution < 1.29 is 4.74 Å². The van der Waals surface area contributed by atoms with Crippen molar-refractivity contribution in [2.24, 2.45) is 5.73 Å². The Bertz CT molecular complexity index is 301. The molecular weight excluding hydrogens is 188 g/mol. The number of ether oxygens (including phenoxy) is 1. The van der Waals surface area contributed by atoms with Crippen LogP contribution < -0.4 is 5.73 Å². The van der Waals surface area contributed by atoms with Gasteiger partial charge in [-0.1, -0.05) is 13.0 Å². The molecule has 0 spiro atoms. The van der Waals surface area contributed by atoms with Crippen LogP contribution in [0.4, 0.5) is 0 Å². The predicted octanol–water partition coefficient (Wildman–Crippen LogP) is 2.20. The molecule has 84 valence electrons. The molecule has 0 aliphatic rings. The summed E-state index contributed by atoms with van der Waals surface area (Å²) in [5.74, 6) is 0. The van der Waals surface area contributed by atoms with Gasteiger partial charge in [0, 0.05) is 19.0 Å². The normalized spacial score (nSPS) is 14.9. The molecule has 15 heavy (non-hydrogen) atoms. The molecule has 0 radical (unpaired) electrons. The maximum Gasteiger partial charge on any atom is 0.0765 e. The molecule has 0 bridgehead atoms. The lowest BCUT2D eigenvalue weighted by molar-refractivity contribution is 0.0413. The van der Waals surface area contributed by atoms with E-state index in [1.165, 1.54) is 0 Å². The van der Waals surface area contributed by atoms with Crippen molar-refractivity contribution in [1.29, 1.82) is 0 Å². The fraction of sp³-hybridized carbons (Fsp3) is 0.583. The molecule has 0 saturated carbocycles. The third kappa shape index (κ3) is 3.29. The van der Waals surface area contributed by atoms with E-state index < -0.39 is 0 Å². The first kappa shape index (κ1) is 12.1. The topological polar surface area (TPSA) is 48.1 Å². The summed E-state index contributed by atoms with van der Waals surface area (Å²) in [6.07, 6.45) is 4.65. The van der Waals surface area contributed by atoms with Gasteiger partial charge in [-0.2, -0.15) is 0 Å². The van der Waals surface area contributed by atoms with Crippen LogP contribution in [0.15, 0.2) is 18.5 Å². The molecule has 1 aromatic rings. The van der Waals surface area contributed by atoms with E-state index in [1.54, 1.807) is 0 Å². The van der Waals surface area contributed by atoms with Gasteiger partial charge in [0.25, 0.3) is 0 Å². The van der Waals surface area contributed by atoms with Crippen molar-refractivity contribution in [3.8, 4) is 0 Å². The summed E-state index contributed by atoms with van der Waals surface area (Å²) in [5, 5.41) is 0. The maximum absolute atomic E-state index is 6.14. The third-order valence-electron chi connectivity index (χ3n) is 2.46. The summed E-state index contributed by atoms with van der Waals surface area (Å²) in [7, 11) is 0. The van der Waals surface area contributed by atoms with E-state index in [9.17, 15) is 0 Å². The highest BCUT2D eigenvalue weighted by Crippen LogP contribution is 2.19. The van der Waals surface area contributed by atoms with Crippen LogP contribution in [0.25, 0.3) is 0 Å². The summed E-state index contributed by atoms with van der Waals surface area (Å²) < 4.78 is 5.59. The van der Waals surface area contributed by atoms with E-state index in [0.717, 1.165) is 17.5 Å². The van der Waals surface area contributed by atoms with Gasteiger partial charge in [0.05, 0.1) is 12.1 Å². The van der Waals surface area contributed by atoms with Crippen LogP contribution in [-0.2, 0) is 4.74 Å². The number of aromatic nitrogens is 1. The Kier molecular flexibility index (Phi) is 4.72. The lowest BCUT2D eigenvalue weighted by atomic mass is 10.0. The zero-order valence-electron chi connectivity index (χ0n) is 9.73. The van der Waals surface area contributed by atoms with Gasteiger partial charge in [-0.25, -0.2) is 0 Å². The Hall–Kier alpha value is -0.930. The summed E-state index contributed by atoms with van der Waals surface area (Å²) in [5.41, 5.74) is 8.32. The molecule has 0 amide bonds. The van der Waals surface area contributed by atoms with E-state index in [4.69, 9.17) is 10.5 Å². The molecule has 1 heterocycles. The van der Waals surface area contributed by atoms with Gasteiger partial charge in [0.1, 0.15) is 0 Å². The maximum atomic E-state index is 6.14. The lowest BCUT2D eigenvalue weighted by Gasteiger charge is -2.22. The van der Waals surface area contributed by atoms with Crippen molar-refractivity contribution in [1.82, 2.24) is 4.98 Å². The fourth-order valence-electron chi connectivity index (χ4n) is 1.66. The monoisotopic (exact) mass is 208 g/mol. The quantitative estimate of drug-likeness (QED) is 0.807. The van der Waals surface area contributed by atoms with Crippen molar-refractivity contribution in [3.05, 3.63) is 29.6 Å². The standard InChI is InChI=1S/C12H20N2O/c1-4-11(15-5-2)12(13)10-6-9(3)7-14-8-10/h6-8,11-12H,4-5,13H2,1-3H3. The molecule has 1 aromatic heterocycles. The molecule has 2 N–H and O–H groups in total. The smallest absolute Gasteiger partial charge is 0.0765 e. The van der Waals surface area contributed by atoms with Gasteiger partial charge in [0.15, 0.2) is 0 Å². The molecule has 0 saturated heterocycles. The van der Waals surface area contributed by atoms with Crippen LogP contribution in [0.2, 0.25) is 0 Å². The van der Waals surface area contributed by atoms with Crippen LogP contribution in [0, 0.1) is 6.92 Å². The molecule has 0 aromatic carbocycles. The summed E-state index contributed by atoms with van der Waals surface area (Å²) in [6, 6.07) is 1.99. The first-order valence-electron chi connectivity index (χ1n) is 5.47. The van der Waals surface area contributed by atoms with Gasteiger partial charge in [-0.15, -0.1) is 0 Å². The highest BCUT2D eigenvalue weighted by molar-refractivity contribution is 5.20. The minimum atomic E-state index is -0.0812. The second kappa shape index (κ2) is 5.83. The average molecular weight is 208 g/mol. The molecule has 0 fully saturated rings. The Morgan fingerprint density at radius 1 is 1.40 bits per heavy atom. The summed E-state index contributed by atoms with van der Waals surface area (Å²) in [6.45, 7) is 6.80. The number of rotatable bonds is 5. The Balaban J connectivity index is 2.77. The number of hydrogen-bond acceptors (Lipinski definition) is 3. The molecule has 3 heteroatoms. The fourth-order valence-corrected chi connectivity index (χ4v) is 1.66. The third-order valence-corrected chi connectivity index (χ3v) is 2.46. The van der Waals surface area contributed by atoms with Gasteiger partial charge in [-0.3, -0.25) is 4.98 Å². The molecular formula is C12H20N2O. The molecule has 2 atom stereocenters. The van der Waals surface area contributed by atoms with E-state index in [2.05, 4.69) is 18.0 Å². The highest BCUT2D eigenvalue weighted by atomic mass is 16.5. The number of nitrogens with zero attached hydrogens (tertiary/aromatic N) is 1. The van der Waals surface area contributed by atoms with Crippen LogP contribution >= 0.6 is 0 Å². The Morgan fingerprint density at radius 2 is 2.13 bits per heavy atom. The van der Waals surface area contributed by atoms with Crippen molar-refractivity contribution in [3.63, 3.8) is 0 Å². The zero-order valence-corrected chi connectivity index (χ0v) is 9.73. The van der Waals surface area contributed by atoms with Crippen molar-refractivity contribution in [2.45, 2.75) is 39.3 Å². The van der Waals surface area contributed by atoms with Crippen LogP contribution in [-0.4, -0.2) is 17.7 Å². The highest BCUT2D eigenvalue weighted by Gasteiger charge is 2.18. The first-order valence-corrected chi connectivity index (χ1v) is 5.47. The predicted molar refractivity (Wildman–Crippen MR) is 61.6 cm³/mol. The van der Waals surface area contributed by atoms with Gasteiger partial charge >= 0.3 is 0 Å². The molecule has 1 rings (SSSR count). The van der Waals surface area contributed by atoms with Crippen molar-refractivity contribution >= 4 is 0 Å². The van der Waals surface area contributed by atoms with E-state index in [1.807, 2.05) is 26.2 Å². The Labute approximate surface area is 91.7 Å². The summed E-state index contributed by atoms with van der Waals surface area (Å²) >= 11 is 0. The summed E-state index contributed by atoms with van der Waals surface area (Å²) in [4.78, 5) is 4.15. The van der Waals surface area contributed by atoms with Crippen LogP contribution in [0.1, 0.15) is 37.4 Å². The second-order valence-corrected chi connectivity index (χ2v) is 3.72. The number of hydrogen-bond donors (Lipinski definition) is 1.